The fraction of sp³-hybridized carbons (Fsp3) is 0.381. The van der Waals surface area contributed by atoms with Gasteiger partial charge in [-0.15, -0.1) is 0 Å². The van der Waals surface area contributed by atoms with E-state index in [2.05, 4.69) is 5.32 Å². The van der Waals surface area contributed by atoms with Crippen molar-refractivity contribution < 1.29 is 19.0 Å². The van der Waals surface area contributed by atoms with Gasteiger partial charge in [0, 0.05) is 17.9 Å². The van der Waals surface area contributed by atoms with Gasteiger partial charge in [-0.1, -0.05) is 0 Å². The summed E-state index contributed by atoms with van der Waals surface area (Å²) in [4.78, 5) is 12.5. The van der Waals surface area contributed by atoms with E-state index in [9.17, 15) is 4.79 Å². The number of carbonyl (C=O) groups excluding carboxylic acids is 1. The number of aryl methyl sites for hydroxylation is 1. The first-order valence-electron chi connectivity index (χ1n) is 8.96. The molecule has 1 unspecified atom stereocenters. The summed E-state index contributed by atoms with van der Waals surface area (Å²) in [5.74, 6) is 1.37. The van der Waals surface area contributed by atoms with Crippen molar-refractivity contribution in [3.8, 4) is 11.5 Å². The predicted molar refractivity (Wildman–Crippen MR) is 101 cm³/mol. The van der Waals surface area contributed by atoms with Crippen LogP contribution < -0.4 is 14.8 Å². The van der Waals surface area contributed by atoms with Crippen molar-refractivity contribution in [2.45, 2.75) is 32.3 Å². The highest BCUT2D eigenvalue weighted by molar-refractivity contribution is 6.05. The number of anilines is 1. The lowest BCUT2D eigenvalue weighted by molar-refractivity contribution is -0.0110. The molecule has 138 valence electrons. The Morgan fingerprint density at radius 3 is 2.58 bits per heavy atom. The molecule has 5 heteroatoms. The number of hydrogen-bond donors (Lipinski definition) is 1. The van der Waals surface area contributed by atoms with Crippen LogP contribution in [-0.4, -0.2) is 32.3 Å². The Hall–Kier alpha value is -2.53. The summed E-state index contributed by atoms with van der Waals surface area (Å²) >= 11 is 0. The van der Waals surface area contributed by atoms with Crippen molar-refractivity contribution in [3.63, 3.8) is 0 Å². The zero-order chi connectivity index (χ0) is 18.4. The van der Waals surface area contributed by atoms with Crippen molar-refractivity contribution in [2.24, 2.45) is 0 Å². The maximum atomic E-state index is 12.5. The van der Waals surface area contributed by atoms with E-state index < -0.39 is 0 Å². The molecule has 1 saturated heterocycles. The Balaban J connectivity index is 1.55. The zero-order valence-corrected chi connectivity index (χ0v) is 15.3. The lowest BCUT2D eigenvalue weighted by atomic mass is 10.1. The minimum absolute atomic E-state index is 0.144. The van der Waals surface area contributed by atoms with Crippen LogP contribution in [0.3, 0.4) is 0 Å². The molecule has 2 aromatic rings. The van der Waals surface area contributed by atoms with E-state index in [1.54, 1.807) is 19.2 Å². The maximum absolute atomic E-state index is 12.5. The zero-order valence-electron chi connectivity index (χ0n) is 15.3. The fourth-order valence-electron chi connectivity index (χ4n) is 2.98. The second kappa shape index (κ2) is 8.72. The number of amides is 1. The third kappa shape index (κ3) is 4.76. The number of nitrogens with one attached hydrogen (secondary N) is 1. The Kier molecular flexibility index (Phi) is 6.12. The van der Waals surface area contributed by atoms with E-state index in [1.807, 2.05) is 37.3 Å². The Morgan fingerprint density at radius 2 is 1.92 bits per heavy atom. The standard InChI is InChI=1S/C21H25NO4/c1-15-13-18(24-2)10-11-20(15)21(23)22-16-6-8-17(9-7-16)26-14-19-5-3-4-12-25-19/h6-11,13,19H,3-5,12,14H2,1-2H3,(H,22,23). The minimum Gasteiger partial charge on any atom is -0.497 e. The highest BCUT2D eigenvalue weighted by atomic mass is 16.5. The van der Waals surface area contributed by atoms with Crippen molar-refractivity contribution >= 4 is 11.6 Å². The van der Waals surface area contributed by atoms with Gasteiger partial charge in [-0.2, -0.15) is 0 Å². The van der Waals surface area contributed by atoms with Crippen LogP contribution in [0.2, 0.25) is 0 Å². The molecular formula is C21H25NO4. The van der Waals surface area contributed by atoms with Crippen LogP contribution in [0, 0.1) is 6.92 Å². The quantitative estimate of drug-likeness (QED) is 0.843. The van der Waals surface area contributed by atoms with Crippen molar-refractivity contribution in [2.75, 3.05) is 25.6 Å². The van der Waals surface area contributed by atoms with E-state index in [1.165, 1.54) is 6.42 Å². The molecule has 0 bridgehead atoms. The third-order valence-corrected chi connectivity index (χ3v) is 4.50. The smallest absolute Gasteiger partial charge is 0.255 e. The van der Waals surface area contributed by atoms with Gasteiger partial charge in [0.2, 0.25) is 0 Å². The van der Waals surface area contributed by atoms with Gasteiger partial charge >= 0.3 is 0 Å². The summed E-state index contributed by atoms with van der Waals surface area (Å²) in [6.45, 7) is 3.28. The topological polar surface area (TPSA) is 56.8 Å². The first kappa shape index (κ1) is 18.3. The molecule has 2 aromatic carbocycles. The van der Waals surface area contributed by atoms with Gasteiger partial charge in [0.15, 0.2) is 0 Å². The van der Waals surface area contributed by atoms with Gasteiger partial charge in [-0.25, -0.2) is 0 Å². The fourth-order valence-corrected chi connectivity index (χ4v) is 2.98. The summed E-state index contributed by atoms with van der Waals surface area (Å²) in [5, 5.41) is 2.91. The third-order valence-electron chi connectivity index (χ3n) is 4.50. The van der Waals surface area contributed by atoms with Crippen LogP contribution in [0.15, 0.2) is 42.5 Å². The molecule has 1 amide bonds. The van der Waals surface area contributed by atoms with Crippen LogP contribution >= 0.6 is 0 Å². The highest BCUT2D eigenvalue weighted by Gasteiger charge is 2.14. The van der Waals surface area contributed by atoms with Crippen molar-refractivity contribution in [1.29, 1.82) is 0 Å². The number of methoxy groups -OCH3 is 1. The second-order valence-electron chi connectivity index (χ2n) is 6.46. The maximum Gasteiger partial charge on any atom is 0.255 e. The molecule has 0 saturated carbocycles. The van der Waals surface area contributed by atoms with E-state index in [0.29, 0.717) is 12.2 Å². The molecular weight excluding hydrogens is 330 g/mol. The van der Waals surface area contributed by atoms with Crippen LogP contribution in [0.5, 0.6) is 11.5 Å². The lowest BCUT2D eigenvalue weighted by Gasteiger charge is -2.22. The Bertz CT molecular complexity index is 736. The van der Waals surface area contributed by atoms with Crippen molar-refractivity contribution in [3.05, 3.63) is 53.6 Å². The average Bonchev–Trinajstić information content (AvgIpc) is 2.68. The average molecular weight is 355 g/mol. The molecule has 1 fully saturated rings. The Morgan fingerprint density at radius 1 is 1.15 bits per heavy atom. The van der Waals surface area contributed by atoms with E-state index in [0.717, 1.165) is 42.2 Å². The molecule has 1 heterocycles. The first-order valence-corrected chi connectivity index (χ1v) is 8.96. The molecule has 1 N–H and O–H groups in total. The summed E-state index contributed by atoms with van der Waals surface area (Å²) in [7, 11) is 1.61. The summed E-state index contributed by atoms with van der Waals surface area (Å²) in [6, 6.07) is 12.8. The van der Waals surface area contributed by atoms with Crippen molar-refractivity contribution in [1.82, 2.24) is 0 Å². The largest absolute Gasteiger partial charge is 0.497 e. The minimum atomic E-state index is -0.144. The van der Waals surface area contributed by atoms with Gasteiger partial charge in [0.05, 0.1) is 13.2 Å². The number of rotatable bonds is 6. The molecule has 1 aliphatic rings. The first-order chi connectivity index (χ1) is 12.7. The normalized spacial score (nSPS) is 16.8. The van der Waals surface area contributed by atoms with Crippen LogP contribution in [0.4, 0.5) is 5.69 Å². The van der Waals surface area contributed by atoms with Crippen LogP contribution in [-0.2, 0) is 4.74 Å². The molecule has 26 heavy (non-hydrogen) atoms. The van der Waals surface area contributed by atoms with Gasteiger partial charge in [-0.3, -0.25) is 4.79 Å². The summed E-state index contributed by atoms with van der Waals surface area (Å²) < 4.78 is 16.6. The van der Waals surface area contributed by atoms with E-state index in [-0.39, 0.29) is 12.0 Å². The molecule has 5 nitrogen and oxygen atoms in total. The molecule has 1 atom stereocenters. The summed E-state index contributed by atoms with van der Waals surface area (Å²) in [6.07, 6.45) is 3.57. The van der Waals surface area contributed by atoms with E-state index >= 15 is 0 Å². The lowest BCUT2D eigenvalue weighted by Crippen LogP contribution is -2.25. The molecule has 1 aliphatic heterocycles. The molecule has 0 aliphatic carbocycles. The van der Waals surface area contributed by atoms with Gasteiger partial charge < -0.3 is 19.5 Å². The number of ether oxygens (including phenoxy) is 3. The highest BCUT2D eigenvalue weighted by Crippen LogP contribution is 2.21. The second-order valence-corrected chi connectivity index (χ2v) is 6.46. The van der Waals surface area contributed by atoms with Crippen LogP contribution in [0.25, 0.3) is 0 Å². The van der Waals surface area contributed by atoms with Crippen LogP contribution in [0.1, 0.15) is 35.2 Å². The molecule has 0 spiro atoms. The molecule has 0 radical (unpaired) electrons. The number of carbonyl (C=O) groups is 1. The molecule has 0 aromatic heterocycles. The summed E-state index contributed by atoms with van der Waals surface area (Å²) in [5.41, 5.74) is 2.22. The van der Waals surface area contributed by atoms with E-state index in [4.69, 9.17) is 14.2 Å². The SMILES string of the molecule is COc1ccc(C(=O)Nc2ccc(OCC3CCCCO3)cc2)c(C)c1. The predicted octanol–water partition coefficient (Wildman–Crippen LogP) is 4.20. The Labute approximate surface area is 154 Å². The van der Waals surface area contributed by atoms with Gasteiger partial charge in [-0.05, 0) is 74.2 Å². The van der Waals surface area contributed by atoms with Gasteiger partial charge in [0.1, 0.15) is 18.1 Å². The van der Waals surface area contributed by atoms with Gasteiger partial charge in [0.25, 0.3) is 5.91 Å². The monoisotopic (exact) mass is 355 g/mol. The number of hydrogen-bond acceptors (Lipinski definition) is 4. The molecule has 3 rings (SSSR count). The number of benzene rings is 2.